The monoisotopic (exact) mass is 278 g/mol. The molecule has 18 heavy (non-hydrogen) atoms. The average Bonchev–Trinajstić information content (AvgIpc) is 2.82. The van der Waals surface area contributed by atoms with Gasteiger partial charge in [0.2, 0.25) is 5.91 Å². The van der Waals surface area contributed by atoms with Gasteiger partial charge in [0.1, 0.15) is 6.04 Å². The molecule has 1 aliphatic carbocycles. The Morgan fingerprint density at radius 3 is 2.61 bits per heavy atom. The topological polar surface area (TPSA) is 81.4 Å². The number of ether oxygens (including phenoxy) is 1. The van der Waals surface area contributed by atoms with Crippen LogP contribution >= 0.6 is 12.4 Å². The van der Waals surface area contributed by atoms with Crippen molar-refractivity contribution in [3.05, 3.63) is 0 Å². The molecule has 3 unspecified atom stereocenters. The minimum absolute atomic E-state index is 0. The number of carbonyl (C=O) groups excluding carboxylic acids is 2. The van der Waals surface area contributed by atoms with E-state index in [9.17, 15) is 9.59 Å². The summed E-state index contributed by atoms with van der Waals surface area (Å²) in [6.45, 7) is 2.38. The first kappa shape index (κ1) is 17.2. The van der Waals surface area contributed by atoms with Crippen LogP contribution in [-0.2, 0) is 14.3 Å². The highest BCUT2D eigenvalue weighted by Gasteiger charge is 2.33. The summed E-state index contributed by atoms with van der Waals surface area (Å²) in [4.78, 5) is 23.4. The van der Waals surface area contributed by atoms with Crippen molar-refractivity contribution >= 4 is 24.3 Å². The van der Waals surface area contributed by atoms with Crippen molar-refractivity contribution in [1.29, 1.82) is 0 Å². The standard InChI is InChI=1S/C12H22N2O3.ClH/c1-3-10(12(16)17-2)14-11(15)9-6-4-5-8(9)7-13;/h8-10H,3-7,13H2,1-2H3,(H,14,15);1H. The zero-order valence-corrected chi connectivity index (χ0v) is 11.8. The highest BCUT2D eigenvalue weighted by Crippen LogP contribution is 2.31. The van der Waals surface area contributed by atoms with Gasteiger partial charge in [-0.05, 0) is 31.7 Å². The fourth-order valence-corrected chi connectivity index (χ4v) is 2.41. The van der Waals surface area contributed by atoms with Crippen molar-refractivity contribution in [3.8, 4) is 0 Å². The van der Waals surface area contributed by atoms with Gasteiger partial charge in [0.25, 0.3) is 0 Å². The van der Waals surface area contributed by atoms with E-state index in [1.165, 1.54) is 7.11 Å². The molecule has 3 atom stereocenters. The Hall–Kier alpha value is -0.810. The molecule has 5 nitrogen and oxygen atoms in total. The highest BCUT2D eigenvalue weighted by atomic mass is 35.5. The Morgan fingerprint density at radius 2 is 2.11 bits per heavy atom. The summed E-state index contributed by atoms with van der Waals surface area (Å²) in [5, 5.41) is 2.75. The van der Waals surface area contributed by atoms with Crippen LogP contribution in [0.1, 0.15) is 32.6 Å². The molecule has 3 N–H and O–H groups in total. The number of esters is 1. The van der Waals surface area contributed by atoms with Gasteiger partial charge in [-0.2, -0.15) is 0 Å². The molecule has 0 aliphatic heterocycles. The lowest BCUT2D eigenvalue weighted by Gasteiger charge is -2.21. The fraction of sp³-hybridized carbons (Fsp3) is 0.833. The fourth-order valence-electron chi connectivity index (χ4n) is 2.41. The number of halogens is 1. The molecular weight excluding hydrogens is 256 g/mol. The Morgan fingerprint density at radius 1 is 1.44 bits per heavy atom. The lowest BCUT2D eigenvalue weighted by molar-refractivity contribution is -0.145. The van der Waals surface area contributed by atoms with E-state index in [1.807, 2.05) is 6.92 Å². The van der Waals surface area contributed by atoms with Gasteiger partial charge in [-0.15, -0.1) is 12.4 Å². The number of amides is 1. The number of carbonyl (C=O) groups is 2. The van der Waals surface area contributed by atoms with Crippen LogP contribution in [0.4, 0.5) is 0 Å². The van der Waals surface area contributed by atoms with E-state index in [-0.39, 0.29) is 36.1 Å². The molecule has 1 fully saturated rings. The van der Waals surface area contributed by atoms with Crippen molar-refractivity contribution in [1.82, 2.24) is 5.32 Å². The Kier molecular flexibility index (Phi) is 7.95. The number of methoxy groups -OCH3 is 1. The van der Waals surface area contributed by atoms with E-state index >= 15 is 0 Å². The molecule has 0 aromatic carbocycles. The Bertz CT molecular complexity index is 286. The number of rotatable bonds is 5. The van der Waals surface area contributed by atoms with Crippen LogP contribution < -0.4 is 11.1 Å². The van der Waals surface area contributed by atoms with Gasteiger partial charge in [-0.1, -0.05) is 13.3 Å². The van der Waals surface area contributed by atoms with E-state index in [2.05, 4.69) is 10.1 Å². The zero-order valence-electron chi connectivity index (χ0n) is 11.0. The van der Waals surface area contributed by atoms with E-state index in [1.54, 1.807) is 0 Å². The van der Waals surface area contributed by atoms with Crippen molar-refractivity contribution in [2.75, 3.05) is 13.7 Å². The van der Waals surface area contributed by atoms with E-state index in [4.69, 9.17) is 5.73 Å². The first-order chi connectivity index (χ1) is 8.13. The number of hydrogen-bond acceptors (Lipinski definition) is 4. The van der Waals surface area contributed by atoms with E-state index < -0.39 is 6.04 Å². The molecular formula is C12H23ClN2O3. The summed E-state index contributed by atoms with van der Waals surface area (Å²) in [5.41, 5.74) is 5.64. The molecule has 0 heterocycles. The van der Waals surface area contributed by atoms with E-state index in [0.717, 1.165) is 19.3 Å². The van der Waals surface area contributed by atoms with Crippen LogP contribution in [0.2, 0.25) is 0 Å². The summed E-state index contributed by atoms with van der Waals surface area (Å²) in [5.74, 6) is -0.234. The van der Waals surface area contributed by atoms with Crippen LogP contribution in [0.15, 0.2) is 0 Å². The van der Waals surface area contributed by atoms with Gasteiger partial charge < -0.3 is 15.8 Å². The predicted molar refractivity (Wildman–Crippen MR) is 71.4 cm³/mol. The first-order valence-electron chi connectivity index (χ1n) is 6.22. The molecule has 1 saturated carbocycles. The molecule has 1 rings (SSSR count). The lowest BCUT2D eigenvalue weighted by Crippen LogP contribution is -2.45. The summed E-state index contributed by atoms with van der Waals surface area (Å²) in [6.07, 6.45) is 3.45. The number of nitrogens with two attached hydrogens (primary N) is 1. The zero-order chi connectivity index (χ0) is 12.8. The van der Waals surface area contributed by atoms with Crippen LogP contribution in [-0.4, -0.2) is 31.6 Å². The lowest BCUT2D eigenvalue weighted by atomic mass is 9.95. The highest BCUT2D eigenvalue weighted by molar-refractivity contribution is 5.86. The third-order valence-electron chi connectivity index (χ3n) is 3.51. The Labute approximate surface area is 114 Å². The molecule has 0 radical (unpaired) electrons. The third-order valence-corrected chi connectivity index (χ3v) is 3.51. The second-order valence-electron chi connectivity index (χ2n) is 4.53. The SMILES string of the molecule is CCC(NC(=O)C1CCCC1CN)C(=O)OC.Cl. The van der Waals surface area contributed by atoms with Crippen molar-refractivity contribution in [2.45, 2.75) is 38.6 Å². The maximum atomic E-state index is 12.0. The van der Waals surface area contributed by atoms with Crippen LogP contribution in [0.5, 0.6) is 0 Å². The molecule has 0 aromatic rings. The van der Waals surface area contributed by atoms with Crippen LogP contribution in [0.3, 0.4) is 0 Å². The number of nitrogens with one attached hydrogen (secondary N) is 1. The quantitative estimate of drug-likeness (QED) is 0.731. The van der Waals surface area contributed by atoms with Crippen molar-refractivity contribution in [3.63, 3.8) is 0 Å². The van der Waals surface area contributed by atoms with E-state index in [0.29, 0.717) is 13.0 Å². The minimum Gasteiger partial charge on any atom is -0.467 e. The molecule has 0 bridgehead atoms. The van der Waals surface area contributed by atoms with Gasteiger partial charge in [-0.25, -0.2) is 4.79 Å². The third kappa shape index (κ3) is 4.14. The second kappa shape index (κ2) is 8.32. The second-order valence-corrected chi connectivity index (χ2v) is 4.53. The van der Waals surface area contributed by atoms with Crippen LogP contribution in [0.25, 0.3) is 0 Å². The van der Waals surface area contributed by atoms with Crippen molar-refractivity contribution in [2.24, 2.45) is 17.6 Å². The summed E-state index contributed by atoms with van der Waals surface area (Å²) in [6, 6.07) is -0.536. The minimum atomic E-state index is -0.536. The van der Waals surface area contributed by atoms with Crippen LogP contribution in [0, 0.1) is 11.8 Å². The summed E-state index contributed by atoms with van der Waals surface area (Å²) >= 11 is 0. The Balaban J connectivity index is 0.00000289. The van der Waals surface area contributed by atoms with Crippen molar-refractivity contribution < 1.29 is 14.3 Å². The average molecular weight is 279 g/mol. The maximum absolute atomic E-state index is 12.0. The maximum Gasteiger partial charge on any atom is 0.328 e. The smallest absolute Gasteiger partial charge is 0.328 e. The summed E-state index contributed by atoms with van der Waals surface area (Å²) in [7, 11) is 1.33. The molecule has 106 valence electrons. The molecule has 1 aliphatic rings. The van der Waals surface area contributed by atoms with Gasteiger partial charge in [-0.3, -0.25) is 4.79 Å². The molecule has 0 saturated heterocycles. The number of hydrogen-bond donors (Lipinski definition) is 2. The molecule has 0 aromatic heterocycles. The normalized spacial score (nSPS) is 23.9. The molecule has 0 spiro atoms. The molecule has 1 amide bonds. The van der Waals surface area contributed by atoms with Gasteiger partial charge >= 0.3 is 5.97 Å². The molecule has 6 heteroatoms. The predicted octanol–water partition coefficient (Wildman–Crippen LogP) is 0.851. The first-order valence-corrected chi connectivity index (χ1v) is 6.22. The largest absolute Gasteiger partial charge is 0.467 e. The van der Waals surface area contributed by atoms with Gasteiger partial charge in [0.15, 0.2) is 0 Å². The van der Waals surface area contributed by atoms with Gasteiger partial charge in [0.05, 0.1) is 7.11 Å². The van der Waals surface area contributed by atoms with Gasteiger partial charge in [0, 0.05) is 5.92 Å². The summed E-state index contributed by atoms with van der Waals surface area (Å²) < 4.78 is 4.64.